The molecule has 116 valence electrons. The normalized spacial score (nSPS) is 19.8. The van der Waals surface area contributed by atoms with Crippen LogP contribution in [0.15, 0.2) is 48.7 Å². The van der Waals surface area contributed by atoms with Crippen LogP contribution >= 0.6 is 0 Å². The van der Waals surface area contributed by atoms with Gasteiger partial charge in [-0.1, -0.05) is 24.3 Å². The van der Waals surface area contributed by atoms with Crippen molar-refractivity contribution < 1.29 is 9.53 Å². The summed E-state index contributed by atoms with van der Waals surface area (Å²) in [5.41, 5.74) is 3.41. The number of benzene rings is 2. The van der Waals surface area contributed by atoms with Crippen LogP contribution in [0.2, 0.25) is 0 Å². The Kier molecular flexibility index (Phi) is 3.77. The zero-order chi connectivity index (χ0) is 16.4. The Hall–Kier alpha value is -2.84. The molecule has 5 nitrogen and oxygen atoms in total. The van der Waals surface area contributed by atoms with Gasteiger partial charge in [0.25, 0.3) is 0 Å². The van der Waals surface area contributed by atoms with Gasteiger partial charge in [-0.3, -0.25) is 5.01 Å². The molecular formula is C18H17N3O2. The number of anilines is 1. The summed E-state index contributed by atoms with van der Waals surface area (Å²) < 4.78 is 5.10. The number of esters is 1. The molecule has 0 saturated heterocycles. The van der Waals surface area contributed by atoms with Crippen molar-refractivity contribution in [3.63, 3.8) is 0 Å². The van der Waals surface area contributed by atoms with E-state index in [2.05, 4.69) is 11.5 Å². The molecule has 1 aliphatic rings. The van der Waals surface area contributed by atoms with E-state index in [9.17, 15) is 10.1 Å². The van der Waals surface area contributed by atoms with Crippen LogP contribution in [0.4, 0.5) is 5.69 Å². The van der Waals surface area contributed by atoms with Crippen LogP contribution in [0.25, 0.3) is 10.8 Å². The summed E-state index contributed by atoms with van der Waals surface area (Å²) in [7, 11) is 0. The van der Waals surface area contributed by atoms with Gasteiger partial charge in [-0.05, 0) is 42.8 Å². The predicted molar refractivity (Wildman–Crippen MR) is 88.5 cm³/mol. The first-order valence-electron chi connectivity index (χ1n) is 7.44. The number of carbonyl (C=O) groups is 1. The third-order valence-electron chi connectivity index (χ3n) is 3.85. The maximum atomic E-state index is 12.1. The van der Waals surface area contributed by atoms with Gasteiger partial charge in [0.15, 0.2) is 5.54 Å². The highest BCUT2D eigenvalue weighted by atomic mass is 16.5. The molecule has 0 saturated carbocycles. The fourth-order valence-electron chi connectivity index (χ4n) is 2.60. The Bertz CT molecular complexity index is 838. The summed E-state index contributed by atoms with van der Waals surface area (Å²) in [6, 6.07) is 13.8. The largest absolute Gasteiger partial charge is 0.464 e. The number of ether oxygens (including phenoxy) is 1. The molecule has 0 fully saturated rings. The van der Waals surface area contributed by atoms with E-state index in [-0.39, 0.29) is 5.97 Å². The van der Waals surface area contributed by atoms with Gasteiger partial charge < -0.3 is 4.74 Å². The number of hydrazine groups is 1. The predicted octanol–water partition coefficient (Wildman–Crippen LogP) is 2.87. The lowest BCUT2D eigenvalue weighted by atomic mass is 10.1. The van der Waals surface area contributed by atoms with Crippen LogP contribution < -0.4 is 10.4 Å². The molecule has 0 bridgehead atoms. The number of nitrogens with zero attached hydrogens (tertiary/aromatic N) is 2. The minimum Gasteiger partial charge on any atom is -0.464 e. The monoisotopic (exact) mass is 307 g/mol. The molecule has 1 N–H and O–H groups in total. The first-order valence-corrected chi connectivity index (χ1v) is 7.44. The molecule has 0 amide bonds. The van der Waals surface area contributed by atoms with E-state index in [0.29, 0.717) is 17.9 Å². The van der Waals surface area contributed by atoms with Crippen LogP contribution in [0, 0.1) is 11.3 Å². The van der Waals surface area contributed by atoms with Gasteiger partial charge in [0.1, 0.15) is 6.07 Å². The van der Waals surface area contributed by atoms with Crippen LogP contribution in [0.3, 0.4) is 0 Å². The number of fused-ring (bicyclic) bond motifs is 1. The number of rotatable bonds is 3. The molecule has 0 aromatic heterocycles. The molecule has 0 spiro atoms. The molecule has 3 rings (SSSR count). The topological polar surface area (TPSA) is 65.4 Å². The summed E-state index contributed by atoms with van der Waals surface area (Å²) >= 11 is 0. The average molecular weight is 307 g/mol. The number of hydrogen-bond acceptors (Lipinski definition) is 5. The van der Waals surface area contributed by atoms with Gasteiger partial charge >= 0.3 is 5.97 Å². The minimum absolute atomic E-state index is 0.323. The van der Waals surface area contributed by atoms with Crippen molar-refractivity contribution in [2.75, 3.05) is 11.6 Å². The molecule has 0 radical (unpaired) electrons. The number of hydrogen-bond donors (Lipinski definition) is 1. The SMILES string of the molecule is CCOC(=O)C1(C)C=CN(c2cc3ccccc3cc2C#N)N1. The highest BCUT2D eigenvalue weighted by molar-refractivity contribution is 5.90. The molecule has 2 aromatic carbocycles. The Morgan fingerprint density at radius 3 is 2.70 bits per heavy atom. The highest BCUT2D eigenvalue weighted by Crippen LogP contribution is 2.29. The third-order valence-corrected chi connectivity index (χ3v) is 3.85. The van der Waals surface area contributed by atoms with Gasteiger partial charge in [-0.15, -0.1) is 0 Å². The quantitative estimate of drug-likeness (QED) is 0.883. The number of nitrogens with one attached hydrogen (secondary N) is 1. The smallest absolute Gasteiger partial charge is 0.331 e. The maximum Gasteiger partial charge on any atom is 0.331 e. The van der Waals surface area contributed by atoms with E-state index in [1.54, 1.807) is 31.1 Å². The molecule has 1 aliphatic heterocycles. The van der Waals surface area contributed by atoms with Crippen molar-refractivity contribution in [2.45, 2.75) is 19.4 Å². The van der Waals surface area contributed by atoms with Crippen molar-refractivity contribution in [1.29, 1.82) is 5.26 Å². The van der Waals surface area contributed by atoms with E-state index >= 15 is 0 Å². The van der Waals surface area contributed by atoms with Crippen LogP contribution in [0.5, 0.6) is 0 Å². The Labute approximate surface area is 134 Å². The Morgan fingerprint density at radius 2 is 2.04 bits per heavy atom. The van der Waals surface area contributed by atoms with Crippen molar-refractivity contribution in [3.8, 4) is 6.07 Å². The van der Waals surface area contributed by atoms with Gasteiger partial charge in [-0.2, -0.15) is 5.26 Å². The van der Waals surface area contributed by atoms with E-state index in [1.807, 2.05) is 36.4 Å². The maximum absolute atomic E-state index is 12.1. The lowest BCUT2D eigenvalue weighted by molar-refractivity contribution is -0.148. The van der Waals surface area contributed by atoms with Gasteiger partial charge in [0.2, 0.25) is 0 Å². The van der Waals surface area contributed by atoms with Crippen molar-refractivity contribution in [3.05, 3.63) is 54.2 Å². The molecule has 1 unspecified atom stereocenters. The molecule has 1 atom stereocenters. The average Bonchev–Trinajstić information content (AvgIpc) is 2.97. The van der Waals surface area contributed by atoms with E-state index in [4.69, 9.17) is 4.74 Å². The molecular weight excluding hydrogens is 290 g/mol. The Balaban J connectivity index is 1.97. The first kappa shape index (κ1) is 15.1. The summed E-state index contributed by atoms with van der Waals surface area (Å²) in [5.74, 6) is -0.349. The zero-order valence-electron chi connectivity index (χ0n) is 13.0. The summed E-state index contributed by atoms with van der Waals surface area (Å²) in [6.45, 7) is 3.84. The molecule has 0 aliphatic carbocycles. The van der Waals surface area contributed by atoms with E-state index < -0.39 is 5.54 Å². The molecule has 5 heteroatoms. The zero-order valence-corrected chi connectivity index (χ0v) is 13.0. The van der Waals surface area contributed by atoms with Crippen LogP contribution in [0.1, 0.15) is 19.4 Å². The molecule has 2 aromatic rings. The second-order valence-corrected chi connectivity index (χ2v) is 5.55. The first-order chi connectivity index (χ1) is 11.1. The van der Waals surface area contributed by atoms with E-state index in [0.717, 1.165) is 10.8 Å². The fourth-order valence-corrected chi connectivity index (χ4v) is 2.60. The summed E-state index contributed by atoms with van der Waals surface area (Å²) in [6.07, 6.45) is 3.49. The fraction of sp³-hybridized carbons (Fsp3) is 0.222. The van der Waals surface area contributed by atoms with Gasteiger partial charge in [0.05, 0.1) is 17.9 Å². The standard InChI is InChI=1S/C18H17N3O2/c1-3-23-17(22)18(2)8-9-21(20-18)16-11-14-7-5-4-6-13(14)10-15(16)12-19/h4-11,20H,3H2,1-2H3. The minimum atomic E-state index is -0.936. The number of nitriles is 1. The lowest BCUT2D eigenvalue weighted by Crippen LogP contribution is -2.51. The van der Waals surface area contributed by atoms with Crippen molar-refractivity contribution in [1.82, 2.24) is 5.43 Å². The Morgan fingerprint density at radius 1 is 1.35 bits per heavy atom. The molecule has 1 heterocycles. The van der Waals surface area contributed by atoms with Crippen LogP contribution in [-0.4, -0.2) is 18.1 Å². The van der Waals surface area contributed by atoms with Crippen molar-refractivity contribution in [2.24, 2.45) is 0 Å². The summed E-state index contributed by atoms with van der Waals surface area (Å²) in [5, 5.41) is 13.2. The van der Waals surface area contributed by atoms with Gasteiger partial charge in [0, 0.05) is 6.20 Å². The molecule has 23 heavy (non-hydrogen) atoms. The summed E-state index contributed by atoms with van der Waals surface area (Å²) in [4.78, 5) is 12.1. The van der Waals surface area contributed by atoms with Crippen molar-refractivity contribution >= 4 is 22.4 Å². The van der Waals surface area contributed by atoms with Gasteiger partial charge in [-0.25, -0.2) is 10.2 Å². The third kappa shape index (κ3) is 2.65. The highest BCUT2D eigenvalue weighted by Gasteiger charge is 2.38. The van der Waals surface area contributed by atoms with Crippen LogP contribution in [-0.2, 0) is 9.53 Å². The van der Waals surface area contributed by atoms with E-state index in [1.165, 1.54) is 0 Å². The lowest BCUT2D eigenvalue weighted by Gasteiger charge is -2.26. The second kappa shape index (κ2) is 5.75. The number of carbonyl (C=O) groups excluding carboxylic acids is 1. The second-order valence-electron chi connectivity index (χ2n) is 5.55.